The van der Waals surface area contributed by atoms with Crippen LogP contribution in [-0.4, -0.2) is 33.8 Å². The predicted octanol–water partition coefficient (Wildman–Crippen LogP) is 5.97. The predicted molar refractivity (Wildman–Crippen MR) is 129 cm³/mol. The van der Waals surface area contributed by atoms with Crippen molar-refractivity contribution in [1.82, 2.24) is 9.47 Å². The van der Waals surface area contributed by atoms with E-state index < -0.39 is 0 Å². The highest BCUT2D eigenvalue weighted by Gasteiger charge is 2.35. The lowest BCUT2D eigenvalue weighted by Gasteiger charge is -2.14. The van der Waals surface area contributed by atoms with Crippen LogP contribution in [0.2, 0.25) is 0 Å². The minimum Gasteiger partial charge on any atom is -0.491 e. The van der Waals surface area contributed by atoms with E-state index in [0.29, 0.717) is 10.6 Å². The van der Waals surface area contributed by atoms with Crippen molar-refractivity contribution in [3.63, 3.8) is 0 Å². The SMILES string of the molecule is Cc1ccc(C)c(OCCN2C(=O)S/C(=C\c3cc(C)n(-c4ccccc4F)c3C)C2=O)c1. The third-order valence-corrected chi connectivity index (χ3v) is 6.55. The van der Waals surface area contributed by atoms with Crippen molar-refractivity contribution in [1.29, 1.82) is 0 Å². The number of halogens is 1. The number of carbonyl (C=O) groups is 2. The van der Waals surface area contributed by atoms with E-state index in [4.69, 9.17) is 4.74 Å². The highest BCUT2D eigenvalue weighted by molar-refractivity contribution is 8.18. The van der Waals surface area contributed by atoms with Crippen LogP contribution < -0.4 is 4.74 Å². The molecule has 0 bridgehead atoms. The average Bonchev–Trinajstić information content (AvgIpc) is 3.20. The van der Waals surface area contributed by atoms with Crippen LogP contribution in [0.15, 0.2) is 53.4 Å². The van der Waals surface area contributed by atoms with Gasteiger partial charge in [-0.2, -0.15) is 0 Å². The van der Waals surface area contributed by atoms with Crippen molar-refractivity contribution in [3.8, 4) is 11.4 Å². The van der Waals surface area contributed by atoms with Gasteiger partial charge in [-0.15, -0.1) is 0 Å². The molecular weight excluding hydrogens is 439 g/mol. The summed E-state index contributed by atoms with van der Waals surface area (Å²) in [5, 5.41) is -0.321. The molecule has 170 valence electrons. The summed E-state index contributed by atoms with van der Waals surface area (Å²) in [6.07, 6.45) is 1.70. The maximum absolute atomic E-state index is 14.3. The van der Waals surface area contributed by atoms with Crippen LogP contribution in [0.4, 0.5) is 9.18 Å². The van der Waals surface area contributed by atoms with Gasteiger partial charge in [-0.05, 0) is 86.5 Å². The van der Waals surface area contributed by atoms with Gasteiger partial charge >= 0.3 is 0 Å². The summed E-state index contributed by atoms with van der Waals surface area (Å²) in [6, 6.07) is 14.4. The van der Waals surface area contributed by atoms with Gasteiger partial charge in [0, 0.05) is 11.4 Å². The van der Waals surface area contributed by atoms with E-state index in [9.17, 15) is 14.0 Å². The first-order valence-electron chi connectivity index (χ1n) is 10.7. The van der Waals surface area contributed by atoms with Crippen LogP contribution in [-0.2, 0) is 4.79 Å². The summed E-state index contributed by atoms with van der Waals surface area (Å²) in [5.41, 5.74) is 4.93. The average molecular weight is 465 g/mol. The number of aryl methyl sites for hydroxylation is 3. The highest BCUT2D eigenvalue weighted by Crippen LogP contribution is 2.34. The van der Waals surface area contributed by atoms with E-state index in [-0.39, 0.29) is 30.1 Å². The Balaban J connectivity index is 1.51. The number of para-hydroxylation sites is 1. The molecule has 1 aromatic heterocycles. The number of hydrogen-bond donors (Lipinski definition) is 0. The standard InChI is InChI=1S/C26H25FN2O3S/c1-16-9-10-17(2)23(13-16)32-12-11-28-25(30)24(33-26(28)31)15-20-14-18(3)29(19(20)4)22-8-6-5-7-21(22)27/h5-10,13-15H,11-12H2,1-4H3/b24-15-. The second-order valence-electron chi connectivity index (χ2n) is 8.06. The molecule has 2 amide bonds. The third-order valence-electron chi connectivity index (χ3n) is 5.64. The van der Waals surface area contributed by atoms with Crippen LogP contribution in [0, 0.1) is 33.5 Å². The maximum Gasteiger partial charge on any atom is 0.293 e. The lowest BCUT2D eigenvalue weighted by molar-refractivity contribution is -0.123. The number of thioether (sulfide) groups is 1. The molecule has 0 spiro atoms. The number of benzene rings is 2. The fourth-order valence-corrected chi connectivity index (χ4v) is 4.74. The minimum atomic E-state index is -0.342. The van der Waals surface area contributed by atoms with Crippen LogP contribution in [0.5, 0.6) is 5.75 Å². The fraction of sp³-hybridized carbons (Fsp3) is 0.231. The fourth-order valence-electron chi connectivity index (χ4n) is 3.88. The molecule has 5 nitrogen and oxygen atoms in total. The molecule has 0 aliphatic carbocycles. The molecule has 1 aliphatic rings. The molecule has 7 heteroatoms. The summed E-state index contributed by atoms with van der Waals surface area (Å²) in [7, 11) is 0. The molecule has 0 radical (unpaired) electrons. The zero-order valence-electron chi connectivity index (χ0n) is 19.0. The molecule has 33 heavy (non-hydrogen) atoms. The van der Waals surface area contributed by atoms with Gasteiger partial charge in [0.25, 0.3) is 11.1 Å². The van der Waals surface area contributed by atoms with E-state index in [2.05, 4.69) is 0 Å². The molecule has 3 aromatic rings. The smallest absolute Gasteiger partial charge is 0.293 e. The highest BCUT2D eigenvalue weighted by atomic mass is 32.2. The Morgan fingerprint density at radius 1 is 1.03 bits per heavy atom. The molecule has 0 saturated carbocycles. The molecule has 0 unspecified atom stereocenters. The zero-order valence-corrected chi connectivity index (χ0v) is 19.8. The van der Waals surface area contributed by atoms with Crippen molar-refractivity contribution >= 4 is 29.0 Å². The second kappa shape index (κ2) is 9.27. The molecule has 0 atom stereocenters. The van der Waals surface area contributed by atoms with Gasteiger partial charge in [0.2, 0.25) is 0 Å². The quantitative estimate of drug-likeness (QED) is 0.422. The Morgan fingerprint density at radius 3 is 2.55 bits per heavy atom. The lowest BCUT2D eigenvalue weighted by Crippen LogP contribution is -2.32. The number of nitrogens with zero attached hydrogens (tertiary/aromatic N) is 2. The third kappa shape index (κ3) is 4.59. The number of ether oxygens (including phenoxy) is 1. The van der Waals surface area contributed by atoms with Gasteiger partial charge in [-0.25, -0.2) is 4.39 Å². The molecule has 4 rings (SSSR count). The van der Waals surface area contributed by atoms with Crippen LogP contribution in [0.25, 0.3) is 11.8 Å². The zero-order chi connectivity index (χ0) is 23.7. The Labute approximate surface area is 196 Å². The monoisotopic (exact) mass is 464 g/mol. The van der Waals surface area contributed by atoms with Gasteiger partial charge in [-0.3, -0.25) is 14.5 Å². The molecule has 1 fully saturated rings. The Bertz CT molecular complexity index is 1280. The van der Waals surface area contributed by atoms with E-state index in [1.165, 1.54) is 11.0 Å². The van der Waals surface area contributed by atoms with Crippen molar-refractivity contribution in [2.24, 2.45) is 0 Å². The van der Waals surface area contributed by atoms with Crippen LogP contribution in [0.1, 0.15) is 28.1 Å². The number of hydrogen-bond acceptors (Lipinski definition) is 4. The number of imide groups is 1. The van der Waals surface area contributed by atoms with Gasteiger partial charge in [0.05, 0.1) is 17.1 Å². The van der Waals surface area contributed by atoms with Crippen LogP contribution >= 0.6 is 11.8 Å². The van der Waals surface area contributed by atoms with Gasteiger partial charge in [0.1, 0.15) is 18.2 Å². The van der Waals surface area contributed by atoms with E-state index in [1.54, 1.807) is 24.3 Å². The molecule has 2 aromatic carbocycles. The molecular formula is C26H25FN2O3S. The number of carbonyl (C=O) groups excluding carboxylic acids is 2. The largest absolute Gasteiger partial charge is 0.491 e. The number of amides is 2. The topological polar surface area (TPSA) is 51.5 Å². The van der Waals surface area contributed by atoms with Crippen molar-refractivity contribution < 1.29 is 18.7 Å². The minimum absolute atomic E-state index is 0.170. The summed E-state index contributed by atoms with van der Waals surface area (Å²) in [5.74, 6) is 0.0818. The summed E-state index contributed by atoms with van der Waals surface area (Å²) in [6.45, 7) is 8.08. The van der Waals surface area contributed by atoms with Crippen LogP contribution in [0.3, 0.4) is 0 Å². The lowest BCUT2D eigenvalue weighted by atomic mass is 10.1. The summed E-state index contributed by atoms with van der Waals surface area (Å²) in [4.78, 5) is 26.9. The van der Waals surface area contributed by atoms with Gasteiger partial charge in [-0.1, -0.05) is 24.3 Å². The second-order valence-corrected chi connectivity index (χ2v) is 9.06. The van der Waals surface area contributed by atoms with Crippen molar-refractivity contribution in [2.75, 3.05) is 13.2 Å². The van der Waals surface area contributed by atoms with E-state index in [1.807, 2.05) is 56.5 Å². The first-order valence-corrected chi connectivity index (χ1v) is 11.5. The first kappa shape index (κ1) is 22.9. The first-order chi connectivity index (χ1) is 15.8. The van der Waals surface area contributed by atoms with Crippen molar-refractivity contribution in [3.05, 3.63) is 87.3 Å². The Morgan fingerprint density at radius 2 is 1.79 bits per heavy atom. The molecule has 1 aliphatic heterocycles. The molecule has 0 N–H and O–H groups in total. The number of rotatable bonds is 6. The normalized spacial score (nSPS) is 15.1. The van der Waals surface area contributed by atoms with E-state index in [0.717, 1.165) is 45.6 Å². The van der Waals surface area contributed by atoms with E-state index >= 15 is 0 Å². The van der Waals surface area contributed by atoms with Gasteiger partial charge in [0.15, 0.2) is 0 Å². The summed E-state index contributed by atoms with van der Waals surface area (Å²) >= 11 is 0.911. The molecule has 1 saturated heterocycles. The van der Waals surface area contributed by atoms with Gasteiger partial charge < -0.3 is 9.30 Å². The molecule has 2 heterocycles. The van der Waals surface area contributed by atoms with Crippen molar-refractivity contribution in [2.45, 2.75) is 27.7 Å². The summed E-state index contributed by atoms with van der Waals surface area (Å²) < 4.78 is 22.0. The number of aromatic nitrogens is 1. The maximum atomic E-state index is 14.3. The Hall–Kier alpha value is -3.32. The Kier molecular flexibility index (Phi) is 6.42.